The third-order valence-electron chi connectivity index (χ3n) is 3.26. The Kier molecular flexibility index (Phi) is 5.38. The highest BCUT2D eigenvalue weighted by Crippen LogP contribution is 2.22. The first-order valence-corrected chi connectivity index (χ1v) is 7.69. The Labute approximate surface area is 121 Å². The second kappa shape index (κ2) is 6.22. The Morgan fingerprint density at radius 3 is 2.26 bits per heavy atom. The number of sulfonamides is 1. The van der Waals surface area contributed by atoms with Gasteiger partial charge in [-0.15, -0.1) is 12.4 Å². The molecule has 1 saturated heterocycles. The summed E-state index contributed by atoms with van der Waals surface area (Å²) in [6.45, 7) is 7.26. The molecule has 4 nitrogen and oxygen atoms in total. The van der Waals surface area contributed by atoms with Gasteiger partial charge in [0.1, 0.15) is 0 Å². The van der Waals surface area contributed by atoms with Crippen molar-refractivity contribution in [3.63, 3.8) is 0 Å². The zero-order valence-electron chi connectivity index (χ0n) is 11.5. The molecule has 0 spiro atoms. The van der Waals surface area contributed by atoms with Crippen molar-refractivity contribution in [2.45, 2.75) is 38.1 Å². The van der Waals surface area contributed by atoms with E-state index in [0.29, 0.717) is 11.4 Å². The number of halogens is 1. The fourth-order valence-corrected chi connectivity index (χ4v) is 4.35. The minimum absolute atomic E-state index is 0. The molecule has 0 amide bonds. The molecule has 2 rings (SSSR count). The lowest BCUT2D eigenvalue weighted by molar-refractivity contribution is 0.559. The Morgan fingerprint density at radius 2 is 1.79 bits per heavy atom. The molecular formula is C13H21ClN2O2S. The molecule has 0 saturated carbocycles. The molecule has 1 aromatic rings. The quantitative estimate of drug-likeness (QED) is 0.893. The second-order valence-corrected chi connectivity index (χ2v) is 6.69. The maximum atomic E-state index is 12.4. The van der Waals surface area contributed by atoms with Crippen LogP contribution in [0, 0.1) is 20.8 Å². The van der Waals surface area contributed by atoms with Gasteiger partial charge in [0.2, 0.25) is 10.0 Å². The summed E-state index contributed by atoms with van der Waals surface area (Å²) < 4.78 is 27.6. The van der Waals surface area contributed by atoms with E-state index < -0.39 is 10.0 Å². The molecule has 2 N–H and O–H groups in total. The van der Waals surface area contributed by atoms with Gasteiger partial charge in [0.05, 0.1) is 4.90 Å². The molecule has 0 aliphatic carbocycles. The Bertz CT molecular complexity index is 529. The van der Waals surface area contributed by atoms with Crippen molar-refractivity contribution in [3.8, 4) is 0 Å². The van der Waals surface area contributed by atoms with Crippen molar-refractivity contribution in [3.05, 3.63) is 28.8 Å². The zero-order chi connectivity index (χ0) is 13.3. The fourth-order valence-electron chi connectivity index (χ4n) is 2.62. The van der Waals surface area contributed by atoms with Gasteiger partial charge in [0.15, 0.2) is 0 Å². The van der Waals surface area contributed by atoms with Crippen LogP contribution >= 0.6 is 12.4 Å². The van der Waals surface area contributed by atoms with Crippen LogP contribution in [-0.4, -0.2) is 27.5 Å². The molecule has 0 radical (unpaired) electrons. The maximum absolute atomic E-state index is 12.4. The Balaban J connectivity index is 0.00000180. The Morgan fingerprint density at radius 1 is 1.21 bits per heavy atom. The lowest BCUT2D eigenvalue weighted by Crippen LogP contribution is -2.36. The molecule has 1 fully saturated rings. The van der Waals surface area contributed by atoms with E-state index in [1.54, 1.807) is 0 Å². The van der Waals surface area contributed by atoms with E-state index in [4.69, 9.17) is 0 Å². The van der Waals surface area contributed by atoms with Crippen molar-refractivity contribution < 1.29 is 8.42 Å². The van der Waals surface area contributed by atoms with Gasteiger partial charge < -0.3 is 5.32 Å². The third-order valence-corrected chi connectivity index (χ3v) is 5.08. The largest absolute Gasteiger partial charge is 0.315 e. The molecule has 108 valence electrons. The van der Waals surface area contributed by atoms with E-state index in [0.717, 1.165) is 29.7 Å². The summed E-state index contributed by atoms with van der Waals surface area (Å²) in [5, 5.41) is 3.16. The number of nitrogens with one attached hydrogen (secondary N) is 2. The lowest BCUT2D eigenvalue weighted by atomic mass is 10.1. The fraction of sp³-hybridized carbons (Fsp3) is 0.538. The van der Waals surface area contributed by atoms with Crippen molar-refractivity contribution in [1.29, 1.82) is 0 Å². The average molecular weight is 305 g/mol. The topological polar surface area (TPSA) is 58.2 Å². The van der Waals surface area contributed by atoms with Gasteiger partial charge in [0.25, 0.3) is 0 Å². The number of hydrogen-bond acceptors (Lipinski definition) is 3. The zero-order valence-corrected chi connectivity index (χ0v) is 13.1. The first kappa shape index (κ1) is 16.4. The molecule has 6 heteroatoms. The summed E-state index contributed by atoms with van der Waals surface area (Å²) in [5.74, 6) is 0. The van der Waals surface area contributed by atoms with Crippen LogP contribution in [0.5, 0.6) is 0 Å². The van der Waals surface area contributed by atoms with Crippen LogP contribution in [0.3, 0.4) is 0 Å². The number of rotatable bonds is 3. The monoisotopic (exact) mass is 304 g/mol. The summed E-state index contributed by atoms with van der Waals surface area (Å²) in [5.41, 5.74) is 2.71. The molecule has 1 unspecified atom stereocenters. The summed E-state index contributed by atoms with van der Waals surface area (Å²) >= 11 is 0. The highest BCUT2D eigenvalue weighted by molar-refractivity contribution is 7.89. The summed E-state index contributed by atoms with van der Waals surface area (Å²) in [4.78, 5) is 0.431. The number of hydrogen-bond donors (Lipinski definition) is 2. The molecule has 0 bridgehead atoms. The molecule has 1 aliphatic rings. The first-order chi connectivity index (χ1) is 8.40. The van der Waals surface area contributed by atoms with Crippen LogP contribution in [0.2, 0.25) is 0 Å². The molecule has 19 heavy (non-hydrogen) atoms. The van der Waals surface area contributed by atoms with Crippen LogP contribution in [0.15, 0.2) is 17.0 Å². The predicted octanol–water partition coefficient (Wildman–Crippen LogP) is 1.67. The van der Waals surface area contributed by atoms with Crippen LogP contribution in [0.25, 0.3) is 0 Å². The van der Waals surface area contributed by atoms with Gasteiger partial charge in [-0.05, 0) is 44.9 Å². The average Bonchev–Trinajstić information content (AvgIpc) is 2.66. The minimum Gasteiger partial charge on any atom is -0.315 e. The standard InChI is InChI=1S/C13H20N2O2S.ClH/c1-9-6-10(2)13(11(3)7-9)18(16,17)15-12-4-5-14-8-12;/h6-7,12,14-15H,4-5,8H2,1-3H3;1H. The van der Waals surface area contributed by atoms with Gasteiger partial charge in [-0.2, -0.15) is 0 Å². The third kappa shape index (κ3) is 3.69. The van der Waals surface area contributed by atoms with Gasteiger partial charge in [-0.25, -0.2) is 13.1 Å². The molecule has 1 atom stereocenters. The maximum Gasteiger partial charge on any atom is 0.241 e. The highest BCUT2D eigenvalue weighted by Gasteiger charge is 2.25. The predicted molar refractivity (Wildman–Crippen MR) is 79.5 cm³/mol. The Hall–Kier alpha value is -0.620. The smallest absolute Gasteiger partial charge is 0.241 e. The van der Waals surface area contributed by atoms with Crippen LogP contribution in [0.4, 0.5) is 0 Å². The molecule has 1 aliphatic heterocycles. The van der Waals surface area contributed by atoms with E-state index in [1.807, 2.05) is 32.9 Å². The molecule has 0 aromatic heterocycles. The summed E-state index contributed by atoms with van der Waals surface area (Å²) in [6.07, 6.45) is 0.850. The number of benzene rings is 1. The minimum atomic E-state index is -3.41. The van der Waals surface area contributed by atoms with Gasteiger partial charge in [-0.1, -0.05) is 17.7 Å². The van der Waals surface area contributed by atoms with E-state index >= 15 is 0 Å². The number of aryl methyl sites for hydroxylation is 3. The van der Waals surface area contributed by atoms with Crippen molar-refractivity contribution in [2.75, 3.05) is 13.1 Å². The second-order valence-electron chi connectivity index (χ2n) is 5.04. The van der Waals surface area contributed by atoms with Crippen molar-refractivity contribution in [2.24, 2.45) is 0 Å². The SMILES string of the molecule is Cc1cc(C)c(S(=O)(=O)NC2CCNC2)c(C)c1.Cl. The van der Waals surface area contributed by atoms with E-state index in [1.165, 1.54) is 0 Å². The summed E-state index contributed by atoms with van der Waals surface area (Å²) in [7, 11) is -3.41. The van der Waals surface area contributed by atoms with Gasteiger partial charge in [-0.3, -0.25) is 0 Å². The van der Waals surface area contributed by atoms with Gasteiger partial charge in [0, 0.05) is 12.6 Å². The van der Waals surface area contributed by atoms with Crippen LogP contribution in [-0.2, 0) is 10.0 Å². The summed E-state index contributed by atoms with van der Waals surface area (Å²) in [6, 6.07) is 3.83. The molecule has 1 aromatic carbocycles. The van der Waals surface area contributed by atoms with Gasteiger partial charge >= 0.3 is 0 Å². The van der Waals surface area contributed by atoms with Crippen molar-refractivity contribution in [1.82, 2.24) is 10.0 Å². The normalized spacial score (nSPS) is 19.2. The van der Waals surface area contributed by atoms with Crippen LogP contribution in [0.1, 0.15) is 23.1 Å². The molecular weight excluding hydrogens is 284 g/mol. The van der Waals surface area contributed by atoms with E-state index in [9.17, 15) is 8.42 Å². The van der Waals surface area contributed by atoms with Crippen molar-refractivity contribution >= 4 is 22.4 Å². The molecule has 1 heterocycles. The first-order valence-electron chi connectivity index (χ1n) is 6.21. The van der Waals surface area contributed by atoms with E-state index in [-0.39, 0.29) is 18.4 Å². The van der Waals surface area contributed by atoms with Crippen LogP contribution < -0.4 is 10.0 Å². The van der Waals surface area contributed by atoms with E-state index in [2.05, 4.69) is 10.0 Å². The lowest BCUT2D eigenvalue weighted by Gasteiger charge is -2.16. The highest BCUT2D eigenvalue weighted by atomic mass is 35.5.